The van der Waals surface area contributed by atoms with Crippen LogP contribution in [0.4, 0.5) is 0 Å². The first-order valence-corrected chi connectivity index (χ1v) is 6.62. The van der Waals surface area contributed by atoms with E-state index in [4.69, 9.17) is 0 Å². The van der Waals surface area contributed by atoms with Crippen LogP contribution in [0.1, 0.15) is 5.56 Å². The summed E-state index contributed by atoms with van der Waals surface area (Å²) < 4.78 is 2.06. The Balaban J connectivity index is 2.45. The van der Waals surface area contributed by atoms with Crippen LogP contribution in [0.2, 0.25) is 0 Å². The van der Waals surface area contributed by atoms with Crippen LogP contribution in [0.25, 0.3) is 34.3 Å². The van der Waals surface area contributed by atoms with E-state index in [1.165, 1.54) is 16.3 Å². The smallest absolute Gasteiger partial charge is 0.167 e. The second kappa shape index (κ2) is 5.14. The highest BCUT2D eigenvalue weighted by molar-refractivity contribution is 5.94. The number of aromatic nitrogens is 1. The van der Waals surface area contributed by atoms with Gasteiger partial charge < -0.3 is 0 Å². The molecule has 20 heavy (non-hydrogen) atoms. The summed E-state index contributed by atoms with van der Waals surface area (Å²) in [6.45, 7) is 7.83. The molecule has 1 aromatic heterocycles. The number of pyridine rings is 1. The molecule has 0 aliphatic heterocycles. The molecule has 0 amide bonds. The normalized spacial score (nSPS) is 10.4. The Labute approximate surface area is 119 Å². The first-order chi connectivity index (χ1) is 9.85. The van der Waals surface area contributed by atoms with Gasteiger partial charge in [0.1, 0.15) is 0 Å². The predicted molar refractivity (Wildman–Crippen MR) is 86.1 cm³/mol. The van der Waals surface area contributed by atoms with Crippen molar-refractivity contribution in [1.82, 2.24) is 0 Å². The summed E-state index contributed by atoms with van der Waals surface area (Å²) in [6.07, 6.45) is 5.77. The largest absolute Gasteiger partial charge is 0.226 e. The molecule has 0 aliphatic rings. The van der Waals surface area contributed by atoms with Gasteiger partial charge in [0.25, 0.3) is 0 Å². The highest BCUT2D eigenvalue weighted by atomic mass is 14.9. The van der Waals surface area contributed by atoms with Crippen molar-refractivity contribution in [3.8, 4) is 11.3 Å². The van der Waals surface area contributed by atoms with Crippen molar-refractivity contribution in [2.45, 2.75) is 0 Å². The van der Waals surface area contributed by atoms with Gasteiger partial charge in [0, 0.05) is 6.07 Å². The third-order valence-electron chi connectivity index (χ3n) is 3.52. The van der Waals surface area contributed by atoms with Crippen LogP contribution in [0.15, 0.2) is 74.0 Å². The van der Waals surface area contributed by atoms with Crippen LogP contribution in [-0.2, 0) is 0 Å². The first kappa shape index (κ1) is 12.4. The molecular formula is C19H16N+. The number of hydrogen-bond acceptors (Lipinski definition) is 0. The van der Waals surface area contributed by atoms with E-state index in [-0.39, 0.29) is 0 Å². The first-order valence-electron chi connectivity index (χ1n) is 6.62. The van der Waals surface area contributed by atoms with E-state index in [9.17, 15) is 0 Å². The minimum atomic E-state index is 1.12. The van der Waals surface area contributed by atoms with Gasteiger partial charge in [-0.3, -0.25) is 0 Å². The molecule has 0 radical (unpaired) electrons. The lowest BCUT2D eigenvalue weighted by atomic mass is 9.99. The molecule has 3 aromatic rings. The number of rotatable bonds is 3. The summed E-state index contributed by atoms with van der Waals surface area (Å²) >= 11 is 0. The molecule has 0 unspecified atom stereocenters. The highest BCUT2D eigenvalue weighted by Crippen LogP contribution is 2.28. The van der Waals surface area contributed by atoms with E-state index in [0.717, 1.165) is 11.3 Å². The Hall–Kier alpha value is -2.67. The maximum Gasteiger partial charge on any atom is 0.226 e. The Morgan fingerprint density at radius 1 is 0.850 bits per heavy atom. The molecule has 1 heterocycles. The van der Waals surface area contributed by atoms with Crippen molar-refractivity contribution in [2.24, 2.45) is 0 Å². The monoisotopic (exact) mass is 258 g/mol. The third-order valence-corrected chi connectivity index (χ3v) is 3.52. The van der Waals surface area contributed by atoms with E-state index in [2.05, 4.69) is 66.3 Å². The molecule has 1 nitrogen and oxygen atoms in total. The minimum Gasteiger partial charge on any atom is -0.167 e. The number of hydrogen-bond donors (Lipinski definition) is 0. The van der Waals surface area contributed by atoms with Gasteiger partial charge in [0.2, 0.25) is 5.69 Å². The van der Waals surface area contributed by atoms with Crippen LogP contribution in [-0.4, -0.2) is 0 Å². The average molecular weight is 258 g/mol. The molecule has 3 rings (SSSR count). The maximum absolute atomic E-state index is 3.92. The van der Waals surface area contributed by atoms with Crippen molar-refractivity contribution in [3.63, 3.8) is 0 Å². The van der Waals surface area contributed by atoms with Gasteiger partial charge in [0.05, 0.1) is 10.9 Å². The number of fused-ring (bicyclic) bond motifs is 1. The molecule has 1 heteroatoms. The molecule has 2 aromatic carbocycles. The van der Waals surface area contributed by atoms with Crippen LogP contribution >= 0.6 is 0 Å². The lowest BCUT2D eigenvalue weighted by molar-refractivity contribution is -0.554. The Bertz CT molecular complexity index is 800. The van der Waals surface area contributed by atoms with Crippen molar-refractivity contribution < 1.29 is 4.57 Å². The summed E-state index contributed by atoms with van der Waals surface area (Å²) in [5.74, 6) is 0. The Morgan fingerprint density at radius 2 is 1.60 bits per heavy atom. The fraction of sp³-hybridized carbons (Fsp3) is 0. The molecule has 0 saturated carbocycles. The fourth-order valence-corrected chi connectivity index (χ4v) is 2.56. The molecule has 0 fully saturated rings. The van der Waals surface area contributed by atoms with Crippen molar-refractivity contribution in [2.75, 3.05) is 0 Å². The van der Waals surface area contributed by atoms with Crippen LogP contribution in [0.3, 0.4) is 0 Å². The predicted octanol–water partition coefficient (Wildman–Crippen LogP) is 4.54. The zero-order valence-corrected chi connectivity index (χ0v) is 11.3. The maximum atomic E-state index is 3.92. The van der Waals surface area contributed by atoms with Crippen molar-refractivity contribution >= 4 is 23.0 Å². The zero-order valence-electron chi connectivity index (χ0n) is 11.3. The molecular weight excluding hydrogens is 242 g/mol. The number of benzene rings is 2. The SMILES string of the molecule is C=Cc1ccccc1-c1c2ccccc2cc[n+]1C=C. The van der Waals surface area contributed by atoms with Crippen molar-refractivity contribution in [1.29, 1.82) is 0 Å². The van der Waals surface area contributed by atoms with E-state index in [0.29, 0.717) is 0 Å². The molecule has 0 aliphatic carbocycles. The fourth-order valence-electron chi connectivity index (χ4n) is 2.56. The van der Waals surface area contributed by atoms with E-state index in [1.807, 2.05) is 24.5 Å². The summed E-state index contributed by atoms with van der Waals surface area (Å²) in [5.41, 5.74) is 3.44. The van der Waals surface area contributed by atoms with E-state index < -0.39 is 0 Å². The highest BCUT2D eigenvalue weighted by Gasteiger charge is 2.17. The molecule has 0 bridgehead atoms. The van der Waals surface area contributed by atoms with Gasteiger partial charge in [0.15, 0.2) is 12.4 Å². The van der Waals surface area contributed by atoms with E-state index in [1.54, 1.807) is 0 Å². The van der Waals surface area contributed by atoms with Crippen molar-refractivity contribution in [3.05, 3.63) is 79.5 Å². The number of nitrogens with zero attached hydrogens (tertiary/aromatic N) is 1. The summed E-state index contributed by atoms with van der Waals surface area (Å²) in [4.78, 5) is 0. The van der Waals surface area contributed by atoms with Gasteiger partial charge in [-0.1, -0.05) is 49.1 Å². The summed E-state index contributed by atoms with van der Waals surface area (Å²) in [6, 6.07) is 18.8. The lowest BCUT2D eigenvalue weighted by Gasteiger charge is -2.07. The summed E-state index contributed by atoms with van der Waals surface area (Å²) in [7, 11) is 0. The second-order valence-electron chi connectivity index (χ2n) is 4.63. The van der Waals surface area contributed by atoms with Crippen LogP contribution in [0, 0.1) is 0 Å². The molecule has 0 saturated heterocycles. The van der Waals surface area contributed by atoms with Gasteiger partial charge in [-0.05, 0) is 29.7 Å². The average Bonchev–Trinajstić information content (AvgIpc) is 2.53. The molecule has 96 valence electrons. The minimum absolute atomic E-state index is 1.12. The second-order valence-corrected chi connectivity index (χ2v) is 4.63. The topological polar surface area (TPSA) is 3.88 Å². The quantitative estimate of drug-likeness (QED) is 0.607. The Morgan fingerprint density at radius 3 is 2.40 bits per heavy atom. The van der Waals surface area contributed by atoms with Crippen LogP contribution in [0.5, 0.6) is 0 Å². The van der Waals surface area contributed by atoms with Gasteiger partial charge >= 0.3 is 0 Å². The van der Waals surface area contributed by atoms with Crippen LogP contribution < -0.4 is 4.57 Å². The third kappa shape index (κ3) is 1.94. The summed E-state index contributed by atoms with van der Waals surface area (Å²) in [5, 5.41) is 2.43. The van der Waals surface area contributed by atoms with Gasteiger partial charge in [-0.2, -0.15) is 4.57 Å². The molecule has 0 atom stereocenters. The molecule has 0 N–H and O–H groups in total. The molecule has 0 spiro atoms. The van der Waals surface area contributed by atoms with Gasteiger partial charge in [-0.25, -0.2) is 0 Å². The Kier molecular flexibility index (Phi) is 3.18. The zero-order chi connectivity index (χ0) is 13.9. The lowest BCUT2D eigenvalue weighted by Crippen LogP contribution is -2.28. The van der Waals surface area contributed by atoms with Gasteiger partial charge in [-0.15, -0.1) is 0 Å². The standard InChI is InChI=1S/C19H16N/c1-3-15-9-5-7-11-17(15)19-18-12-8-6-10-16(18)13-14-20(19)4-2/h3-14H,1-2H2/q+1. The van der Waals surface area contributed by atoms with E-state index >= 15 is 0 Å².